The summed E-state index contributed by atoms with van der Waals surface area (Å²) in [5.41, 5.74) is 1.54. The van der Waals surface area contributed by atoms with Crippen LogP contribution in [0.2, 0.25) is 0 Å². The van der Waals surface area contributed by atoms with Crippen LogP contribution in [0.3, 0.4) is 0 Å². The van der Waals surface area contributed by atoms with Crippen LogP contribution in [0.25, 0.3) is 0 Å². The van der Waals surface area contributed by atoms with E-state index in [0.717, 1.165) is 20.9 Å². The summed E-state index contributed by atoms with van der Waals surface area (Å²) in [6.45, 7) is 3.31. The molecular formula is C24H23N3O3S. The quantitative estimate of drug-likeness (QED) is 0.582. The number of hydrogen-bond donors (Lipinski definition) is 2. The van der Waals surface area contributed by atoms with Crippen LogP contribution in [0.1, 0.15) is 34.5 Å². The predicted octanol–water partition coefficient (Wildman–Crippen LogP) is 3.73. The number of amides is 4. The largest absolute Gasteiger partial charge is 0.343 e. The summed E-state index contributed by atoms with van der Waals surface area (Å²) in [4.78, 5) is 40.5. The lowest BCUT2D eigenvalue weighted by molar-refractivity contribution is -0.135. The Morgan fingerprint density at radius 1 is 1.06 bits per heavy atom. The molecule has 7 heteroatoms. The highest BCUT2D eigenvalue weighted by Crippen LogP contribution is 2.29. The van der Waals surface area contributed by atoms with Crippen molar-refractivity contribution >= 4 is 29.2 Å². The molecule has 2 N–H and O–H groups in total. The number of thiophene rings is 1. The van der Waals surface area contributed by atoms with E-state index in [4.69, 9.17) is 0 Å². The van der Waals surface area contributed by atoms with E-state index in [2.05, 4.69) is 10.6 Å². The molecule has 31 heavy (non-hydrogen) atoms. The van der Waals surface area contributed by atoms with Crippen molar-refractivity contribution in [1.29, 1.82) is 0 Å². The zero-order valence-electron chi connectivity index (χ0n) is 17.3. The third kappa shape index (κ3) is 4.09. The SMILES string of the molecule is Cc1ccc(C(NC(=O)CN2C(=O)NC(C)(c3ccccc3)C2=O)c2cccs2)cc1. The third-order valence-electron chi connectivity index (χ3n) is 5.47. The lowest BCUT2D eigenvalue weighted by atomic mass is 9.92. The minimum absolute atomic E-state index is 0.346. The van der Waals surface area contributed by atoms with E-state index < -0.39 is 23.4 Å². The van der Waals surface area contributed by atoms with Crippen LogP contribution in [0.15, 0.2) is 72.1 Å². The van der Waals surface area contributed by atoms with Gasteiger partial charge in [0.05, 0.1) is 6.04 Å². The summed E-state index contributed by atoms with van der Waals surface area (Å²) in [7, 11) is 0. The lowest BCUT2D eigenvalue weighted by Crippen LogP contribution is -2.44. The first-order valence-electron chi connectivity index (χ1n) is 9.97. The molecular weight excluding hydrogens is 410 g/mol. The molecule has 1 fully saturated rings. The fourth-order valence-corrected chi connectivity index (χ4v) is 4.49. The minimum Gasteiger partial charge on any atom is -0.343 e. The monoisotopic (exact) mass is 433 g/mol. The highest BCUT2D eigenvalue weighted by Gasteiger charge is 2.49. The molecule has 6 nitrogen and oxygen atoms in total. The number of rotatable bonds is 6. The second kappa shape index (κ2) is 8.35. The number of nitrogens with zero attached hydrogens (tertiary/aromatic N) is 1. The minimum atomic E-state index is -1.19. The Morgan fingerprint density at radius 2 is 1.77 bits per heavy atom. The maximum atomic E-state index is 13.1. The van der Waals surface area contributed by atoms with Gasteiger partial charge >= 0.3 is 6.03 Å². The van der Waals surface area contributed by atoms with E-state index in [1.165, 1.54) is 11.3 Å². The summed E-state index contributed by atoms with van der Waals surface area (Å²) in [6.07, 6.45) is 0. The maximum absolute atomic E-state index is 13.1. The van der Waals surface area contributed by atoms with Crippen molar-refractivity contribution in [1.82, 2.24) is 15.5 Å². The highest BCUT2D eigenvalue weighted by molar-refractivity contribution is 7.10. The van der Waals surface area contributed by atoms with Gasteiger partial charge in [0, 0.05) is 4.88 Å². The standard InChI is InChI=1S/C24H23N3O3S/c1-16-10-12-17(13-11-16)21(19-9-6-14-31-19)25-20(28)15-27-22(29)24(2,26-23(27)30)18-7-4-3-5-8-18/h3-14,21H,15H2,1-2H3,(H,25,28)(H,26,30). The van der Waals surface area contributed by atoms with Gasteiger partial charge in [0.15, 0.2) is 0 Å². The van der Waals surface area contributed by atoms with Gasteiger partial charge in [-0.3, -0.25) is 14.5 Å². The molecule has 0 radical (unpaired) electrons. The number of hydrogen-bond acceptors (Lipinski definition) is 4. The number of carbonyl (C=O) groups is 3. The van der Waals surface area contributed by atoms with Gasteiger partial charge in [-0.2, -0.15) is 0 Å². The van der Waals surface area contributed by atoms with Crippen LogP contribution in [-0.4, -0.2) is 29.3 Å². The van der Waals surface area contributed by atoms with Gasteiger partial charge in [-0.15, -0.1) is 11.3 Å². The van der Waals surface area contributed by atoms with E-state index in [0.29, 0.717) is 5.56 Å². The molecule has 158 valence electrons. The van der Waals surface area contributed by atoms with Crippen molar-refractivity contribution in [3.63, 3.8) is 0 Å². The average Bonchev–Trinajstić information content (AvgIpc) is 3.37. The zero-order chi connectivity index (χ0) is 22.0. The second-order valence-electron chi connectivity index (χ2n) is 7.74. The fourth-order valence-electron chi connectivity index (χ4n) is 3.69. The van der Waals surface area contributed by atoms with Crippen LogP contribution in [-0.2, 0) is 15.1 Å². The molecule has 2 heterocycles. The van der Waals surface area contributed by atoms with E-state index in [9.17, 15) is 14.4 Å². The number of benzene rings is 2. The van der Waals surface area contributed by atoms with Crippen molar-refractivity contribution in [2.24, 2.45) is 0 Å². The third-order valence-corrected chi connectivity index (χ3v) is 6.41. The Hall–Kier alpha value is -3.45. The molecule has 0 bridgehead atoms. The smallest absolute Gasteiger partial charge is 0.325 e. The van der Waals surface area contributed by atoms with Gasteiger partial charge in [0.1, 0.15) is 12.1 Å². The van der Waals surface area contributed by atoms with E-state index in [1.54, 1.807) is 19.1 Å². The Balaban J connectivity index is 1.52. The van der Waals surface area contributed by atoms with Crippen LogP contribution >= 0.6 is 11.3 Å². The van der Waals surface area contributed by atoms with Gasteiger partial charge < -0.3 is 10.6 Å². The van der Waals surface area contributed by atoms with E-state index in [1.807, 2.05) is 66.9 Å². The molecule has 0 aliphatic carbocycles. The summed E-state index contributed by atoms with van der Waals surface area (Å²) >= 11 is 1.54. The summed E-state index contributed by atoms with van der Waals surface area (Å²) in [6, 6.07) is 19.9. The topological polar surface area (TPSA) is 78.5 Å². The molecule has 1 aromatic heterocycles. The van der Waals surface area contributed by atoms with Gasteiger partial charge in [-0.25, -0.2) is 4.79 Å². The Bertz CT molecular complexity index is 1100. The maximum Gasteiger partial charge on any atom is 0.325 e. The van der Waals surface area contributed by atoms with Crippen LogP contribution in [0, 0.1) is 6.92 Å². The molecule has 2 unspecified atom stereocenters. The number of urea groups is 1. The molecule has 0 saturated carbocycles. The van der Waals surface area contributed by atoms with Crippen molar-refractivity contribution in [2.45, 2.75) is 25.4 Å². The van der Waals surface area contributed by atoms with Crippen molar-refractivity contribution in [3.05, 3.63) is 93.7 Å². The molecule has 4 amide bonds. The molecule has 3 aromatic rings. The van der Waals surface area contributed by atoms with Gasteiger partial charge in [0.2, 0.25) is 5.91 Å². The van der Waals surface area contributed by atoms with Crippen molar-refractivity contribution < 1.29 is 14.4 Å². The number of nitrogens with one attached hydrogen (secondary N) is 2. The first-order valence-corrected chi connectivity index (χ1v) is 10.9. The predicted molar refractivity (Wildman–Crippen MR) is 120 cm³/mol. The second-order valence-corrected chi connectivity index (χ2v) is 8.72. The van der Waals surface area contributed by atoms with Crippen molar-refractivity contribution in [2.75, 3.05) is 6.54 Å². The molecule has 2 aromatic carbocycles. The Labute approximate surface area is 184 Å². The van der Waals surface area contributed by atoms with E-state index in [-0.39, 0.29) is 12.6 Å². The van der Waals surface area contributed by atoms with Crippen LogP contribution < -0.4 is 10.6 Å². The van der Waals surface area contributed by atoms with Gasteiger partial charge in [-0.1, -0.05) is 66.2 Å². The molecule has 4 rings (SSSR count). The molecule has 0 spiro atoms. The van der Waals surface area contributed by atoms with Crippen LogP contribution in [0.5, 0.6) is 0 Å². The molecule has 1 aliphatic heterocycles. The first kappa shape index (κ1) is 20.8. The molecule has 1 saturated heterocycles. The summed E-state index contributed by atoms with van der Waals surface area (Å²) in [5.74, 6) is -0.846. The summed E-state index contributed by atoms with van der Waals surface area (Å²) in [5, 5.41) is 7.67. The van der Waals surface area contributed by atoms with Gasteiger partial charge in [-0.05, 0) is 36.4 Å². The Morgan fingerprint density at radius 3 is 2.42 bits per heavy atom. The lowest BCUT2D eigenvalue weighted by Gasteiger charge is -2.23. The summed E-state index contributed by atoms with van der Waals surface area (Å²) < 4.78 is 0. The van der Waals surface area contributed by atoms with Crippen molar-refractivity contribution in [3.8, 4) is 0 Å². The normalized spacial score (nSPS) is 19.2. The fraction of sp³-hybridized carbons (Fsp3) is 0.208. The van der Waals surface area contributed by atoms with Gasteiger partial charge in [0.25, 0.3) is 5.91 Å². The average molecular weight is 434 g/mol. The van der Waals surface area contributed by atoms with Crippen LogP contribution in [0.4, 0.5) is 4.79 Å². The van der Waals surface area contributed by atoms with E-state index >= 15 is 0 Å². The highest BCUT2D eigenvalue weighted by atomic mass is 32.1. The molecule has 1 aliphatic rings. The number of carbonyl (C=O) groups excluding carboxylic acids is 3. The Kier molecular flexibility index (Phi) is 5.61. The zero-order valence-corrected chi connectivity index (χ0v) is 18.1. The first-order chi connectivity index (χ1) is 14.9. The number of imide groups is 1. The number of aryl methyl sites for hydroxylation is 1. The molecule has 2 atom stereocenters.